The second-order valence-corrected chi connectivity index (χ2v) is 9.28. The number of carbonyl (C=O) groups is 1. The van der Waals surface area contributed by atoms with Crippen molar-refractivity contribution in [1.82, 2.24) is 20.1 Å². The number of hydrogen-bond donors (Lipinski definition) is 3. The van der Waals surface area contributed by atoms with Crippen molar-refractivity contribution in [3.05, 3.63) is 65.4 Å². The van der Waals surface area contributed by atoms with Crippen LogP contribution in [0.1, 0.15) is 36.2 Å². The van der Waals surface area contributed by atoms with Gasteiger partial charge in [0, 0.05) is 60.8 Å². The summed E-state index contributed by atoms with van der Waals surface area (Å²) in [5.41, 5.74) is 4.34. The number of methoxy groups -OCH3 is 1. The standard InChI is InChI=1S/C26H32N4O3/c1-3-11-27-25(32)30-16-26(17-30)15-29(13-18-7-5-4-6-8-18)22(14-31)24-23(26)20-10-9-19(33-2)12-21(20)28-24/h4-10,12,22,28,31H,3,11,13-17H2,1-2H3,(H,27,32)/t22-/m1/s1. The van der Waals surface area contributed by atoms with Gasteiger partial charge in [-0.25, -0.2) is 4.79 Å². The Balaban J connectivity index is 1.55. The maximum Gasteiger partial charge on any atom is 0.317 e. The fourth-order valence-corrected chi connectivity index (χ4v) is 5.53. The molecule has 3 N–H and O–H groups in total. The minimum atomic E-state index is -0.174. The lowest BCUT2D eigenvalue weighted by atomic mass is 9.68. The van der Waals surface area contributed by atoms with Crippen molar-refractivity contribution in [2.45, 2.75) is 31.3 Å². The molecule has 0 unspecified atom stereocenters. The van der Waals surface area contributed by atoms with Crippen molar-refractivity contribution in [3.8, 4) is 5.75 Å². The molecule has 1 aromatic heterocycles. The first kappa shape index (κ1) is 21.8. The molecular formula is C26H32N4O3. The van der Waals surface area contributed by atoms with Crippen LogP contribution in [0.15, 0.2) is 48.5 Å². The molecule has 174 valence electrons. The Bertz CT molecular complexity index is 1140. The van der Waals surface area contributed by atoms with E-state index in [-0.39, 0.29) is 24.1 Å². The number of aliphatic hydroxyl groups is 1. The number of aromatic amines is 1. The molecule has 0 radical (unpaired) electrons. The number of aliphatic hydroxyl groups excluding tert-OH is 1. The Hall–Kier alpha value is -3.03. The van der Waals surface area contributed by atoms with E-state index in [4.69, 9.17) is 4.74 Å². The summed E-state index contributed by atoms with van der Waals surface area (Å²) >= 11 is 0. The number of H-pyrrole nitrogens is 1. The number of rotatable bonds is 6. The van der Waals surface area contributed by atoms with Crippen molar-refractivity contribution in [2.24, 2.45) is 0 Å². The van der Waals surface area contributed by atoms with Gasteiger partial charge >= 0.3 is 6.03 Å². The van der Waals surface area contributed by atoms with E-state index in [0.29, 0.717) is 19.6 Å². The molecule has 5 rings (SSSR count). The summed E-state index contributed by atoms with van der Waals surface area (Å²) in [7, 11) is 1.67. The predicted molar refractivity (Wildman–Crippen MR) is 128 cm³/mol. The first-order chi connectivity index (χ1) is 16.1. The van der Waals surface area contributed by atoms with Gasteiger partial charge in [0.15, 0.2) is 0 Å². The van der Waals surface area contributed by atoms with Crippen molar-refractivity contribution >= 4 is 16.9 Å². The van der Waals surface area contributed by atoms with Gasteiger partial charge in [-0.15, -0.1) is 0 Å². The summed E-state index contributed by atoms with van der Waals surface area (Å²) in [6.07, 6.45) is 0.919. The van der Waals surface area contributed by atoms with Gasteiger partial charge in [-0.05, 0) is 29.7 Å². The number of nitrogens with one attached hydrogen (secondary N) is 2. The van der Waals surface area contributed by atoms with Gasteiger partial charge in [0.1, 0.15) is 5.75 Å². The Morgan fingerprint density at radius 3 is 2.70 bits per heavy atom. The number of amides is 2. The van der Waals surface area contributed by atoms with E-state index in [1.807, 2.05) is 35.2 Å². The highest BCUT2D eigenvalue weighted by Gasteiger charge is 2.54. The number of likely N-dealkylation sites (tertiary alicyclic amines) is 1. The van der Waals surface area contributed by atoms with Crippen LogP contribution in [0, 0.1) is 0 Å². The summed E-state index contributed by atoms with van der Waals surface area (Å²) in [4.78, 5) is 20.5. The minimum absolute atomic E-state index is 0.00410. The van der Waals surface area contributed by atoms with E-state index in [1.54, 1.807) is 7.11 Å². The van der Waals surface area contributed by atoms with Crippen LogP contribution in [0.25, 0.3) is 10.9 Å². The van der Waals surface area contributed by atoms with E-state index in [9.17, 15) is 9.90 Å². The van der Waals surface area contributed by atoms with Gasteiger partial charge in [-0.1, -0.05) is 37.3 Å². The number of benzene rings is 2. The number of fused-ring (bicyclic) bond motifs is 4. The minimum Gasteiger partial charge on any atom is -0.497 e. The highest BCUT2D eigenvalue weighted by Crippen LogP contribution is 2.48. The molecular weight excluding hydrogens is 416 g/mol. The summed E-state index contributed by atoms with van der Waals surface area (Å²) in [5, 5.41) is 14.6. The van der Waals surface area contributed by atoms with Gasteiger partial charge in [-0.2, -0.15) is 0 Å². The van der Waals surface area contributed by atoms with Crippen molar-refractivity contribution < 1.29 is 14.6 Å². The Kier molecular flexibility index (Phi) is 5.76. The second-order valence-electron chi connectivity index (χ2n) is 9.28. The molecule has 0 aliphatic carbocycles. The van der Waals surface area contributed by atoms with Gasteiger partial charge in [0.2, 0.25) is 0 Å². The zero-order valence-corrected chi connectivity index (χ0v) is 19.3. The normalized spacial score (nSPS) is 19.4. The van der Waals surface area contributed by atoms with E-state index in [1.165, 1.54) is 11.1 Å². The number of hydrogen-bond acceptors (Lipinski definition) is 4. The van der Waals surface area contributed by atoms with Gasteiger partial charge in [0.25, 0.3) is 0 Å². The van der Waals surface area contributed by atoms with Gasteiger partial charge in [-0.3, -0.25) is 4.90 Å². The second kappa shape index (κ2) is 8.72. The number of urea groups is 1. The fourth-order valence-electron chi connectivity index (χ4n) is 5.53. The number of carbonyl (C=O) groups excluding carboxylic acids is 1. The van der Waals surface area contributed by atoms with E-state index >= 15 is 0 Å². The average Bonchev–Trinajstić information content (AvgIpc) is 3.20. The maximum atomic E-state index is 12.6. The third-order valence-corrected chi connectivity index (χ3v) is 7.05. The highest BCUT2D eigenvalue weighted by atomic mass is 16.5. The van der Waals surface area contributed by atoms with Gasteiger partial charge < -0.3 is 25.0 Å². The summed E-state index contributed by atoms with van der Waals surface area (Å²) < 4.78 is 5.44. The van der Waals surface area contributed by atoms with E-state index in [2.05, 4.69) is 40.3 Å². The molecule has 7 nitrogen and oxygen atoms in total. The molecule has 33 heavy (non-hydrogen) atoms. The molecule has 1 fully saturated rings. The third kappa shape index (κ3) is 3.75. The van der Waals surface area contributed by atoms with Crippen molar-refractivity contribution in [3.63, 3.8) is 0 Å². The van der Waals surface area contributed by atoms with Crippen molar-refractivity contribution in [2.75, 3.05) is 39.9 Å². The number of ether oxygens (including phenoxy) is 1. The van der Waals surface area contributed by atoms with Crippen LogP contribution in [-0.4, -0.2) is 65.8 Å². The Labute approximate surface area is 194 Å². The van der Waals surface area contributed by atoms with Crippen LogP contribution < -0.4 is 10.1 Å². The summed E-state index contributed by atoms with van der Waals surface area (Å²) in [5.74, 6) is 0.797. The van der Waals surface area contributed by atoms with Crippen LogP contribution in [-0.2, 0) is 12.0 Å². The predicted octanol–water partition coefficient (Wildman–Crippen LogP) is 3.40. The van der Waals surface area contributed by atoms with Crippen LogP contribution in [0.2, 0.25) is 0 Å². The summed E-state index contributed by atoms with van der Waals surface area (Å²) in [6.45, 7) is 5.64. The van der Waals surface area contributed by atoms with E-state index < -0.39 is 0 Å². The molecule has 1 atom stereocenters. The molecule has 1 saturated heterocycles. The van der Waals surface area contributed by atoms with Crippen LogP contribution in [0.5, 0.6) is 5.75 Å². The molecule has 2 aromatic carbocycles. The average molecular weight is 449 g/mol. The molecule has 0 saturated carbocycles. The number of nitrogens with zero attached hydrogens (tertiary/aromatic N) is 2. The molecule has 2 aliphatic rings. The topological polar surface area (TPSA) is 80.8 Å². The monoisotopic (exact) mass is 448 g/mol. The van der Waals surface area contributed by atoms with Gasteiger partial charge in [0.05, 0.1) is 19.8 Å². The smallest absolute Gasteiger partial charge is 0.317 e. The van der Waals surface area contributed by atoms with Crippen molar-refractivity contribution in [1.29, 1.82) is 0 Å². The van der Waals surface area contributed by atoms with Crippen LogP contribution in [0.3, 0.4) is 0 Å². The molecule has 3 heterocycles. The van der Waals surface area contributed by atoms with Crippen LogP contribution >= 0.6 is 0 Å². The fraction of sp³-hybridized carbons (Fsp3) is 0.423. The van der Waals surface area contributed by atoms with Crippen LogP contribution in [0.4, 0.5) is 4.79 Å². The molecule has 0 bridgehead atoms. The van der Waals surface area contributed by atoms with E-state index in [0.717, 1.165) is 41.9 Å². The Morgan fingerprint density at radius 1 is 1.21 bits per heavy atom. The first-order valence-corrected chi connectivity index (χ1v) is 11.7. The first-order valence-electron chi connectivity index (χ1n) is 11.7. The highest BCUT2D eigenvalue weighted by molar-refractivity contribution is 5.88. The molecule has 2 aliphatic heterocycles. The quantitative estimate of drug-likeness (QED) is 0.540. The third-order valence-electron chi connectivity index (χ3n) is 7.05. The largest absolute Gasteiger partial charge is 0.497 e. The maximum absolute atomic E-state index is 12.6. The SMILES string of the molecule is CCCNC(=O)N1CC2(C1)CN(Cc1ccccc1)[C@H](CO)c1[nH]c3cc(OC)ccc3c12. The zero-order valence-electron chi connectivity index (χ0n) is 19.3. The Morgan fingerprint density at radius 2 is 2.00 bits per heavy atom. The molecule has 3 aromatic rings. The number of aromatic nitrogens is 1. The summed E-state index contributed by atoms with van der Waals surface area (Å²) in [6, 6.07) is 16.3. The molecule has 1 spiro atoms. The molecule has 2 amide bonds. The lowest BCUT2D eigenvalue weighted by Gasteiger charge is -2.56. The lowest BCUT2D eigenvalue weighted by Crippen LogP contribution is -2.68. The lowest BCUT2D eigenvalue weighted by molar-refractivity contribution is 0.00989. The zero-order chi connectivity index (χ0) is 23.0. The molecule has 7 heteroatoms.